The van der Waals surface area contributed by atoms with Crippen molar-refractivity contribution in [3.05, 3.63) is 54.2 Å². The summed E-state index contributed by atoms with van der Waals surface area (Å²) >= 11 is 1.48. The van der Waals surface area contributed by atoms with E-state index in [0.29, 0.717) is 29.4 Å². The predicted molar refractivity (Wildman–Crippen MR) is 114 cm³/mol. The van der Waals surface area contributed by atoms with E-state index in [1.807, 2.05) is 36.4 Å². The van der Waals surface area contributed by atoms with Crippen LogP contribution in [0, 0.1) is 11.5 Å². The van der Waals surface area contributed by atoms with Crippen LogP contribution in [0.4, 0.5) is 5.82 Å². The van der Waals surface area contributed by atoms with Gasteiger partial charge < -0.3 is 16.4 Å². The second-order valence-corrected chi connectivity index (χ2v) is 8.09. The third kappa shape index (κ3) is 3.82. The Hall–Kier alpha value is -3.51. The lowest BCUT2D eigenvalue weighted by molar-refractivity contribution is 0.100. The fourth-order valence-electron chi connectivity index (χ4n) is 3.65. The lowest BCUT2D eigenvalue weighted by atomic mass is 10.1. The average Bonchev–Trinajstić information content (AvgIpc) is 3.12. The molecule has 4 N–H and O–H groups in total. The minimum Gasteiger partial charge on any atom is -0.383 e. The molecule has 2 aromatic heterocycles. The molecule has 3 aromatic rings. The maximum absolute atomic E-state index is 12.3. The average molecular weight is 420 g/mol. The molecule has 30 heavy (non-hydrogen) atoms. The largest absolute Gasteiger partial charge is 0.383 e. The van der Waals surface area contributed by atoms with Crippen LogP contribution in [0.5, 0.6) is 0 Å². The number of carbonyl (C=O) groups excluding carboxylic acids is 1. The highest BCUT2D eigenvalue weighted by molar-refractivity contribution is 7.99. The maximum Gasteiger partial charge on any atom is 0.254 e. The summed E-state index contributed by atoms with van der Waals surface area (Å²) in [6.07, 6.45) is 5.55. The molecule has 0 radical (unpaired) electrons. The van der Waals surface area contributed by atoms with E-state index in [1.54, 1.807) is 21.8 Å². The first-order valence-corrected chi connectivity index (χ1v) is 10.4. The van der Waals surface area contributed by atoms with Crippen molar-refractivity contribution in [1.29, 1.82) is 5.26 Å². The van der Waals surface area contributed by atoms with Crippen LogP contribution in [0.2, 0.25) is 0 Å². The van der Waals surface area contributed by atoms with Gasteiger partial charge in [-0.3, -0.25) is 4.79 Å². The van der Waals surface area contributed by atoms with Crippen LogP contribution in [-0.2, 0) is 0 Å². The Balaban J connectivity index is 1.78. The van der Waals surface area contributed by atoms with Gasteiger partial charge in [-0.1, -0.05) is 30.0 Å². The monoisotopic (exact) mass is 419 g/mol. The van der Waals surface area contributed by atoms with Gasteiger partial charge in [0.2, 0.25) is 0 Å². The minimum absolute atomic E-state index is 0.104. The second-order valence-electron chi connectivity index (χ2n) is 7.03. The van der Waals surface area contributed by atoms with Crippen molar-refractivity contribution < 1.29 is 4.79 Å². The highest BCUT2D eigenvalue weighted by Crippen LogP contribution is 2.37. The third-order valence-electron chi connectivity index (χ3n) is 5.06. The molecule has 152 valence electrons. The minimum atomic E-state index is -0.638. The SMILES string of the molecule is N#CN1CCCC(n2nc(-c3cccnc3Sc3ccccc3)c(C(N)=O)c2N)C1. The molecule has 1 aliphatic rings. The molecule has 3 heterocycles. The normalized spacial score (nSPS) is 16.2. The molecule has 0 bridgehead atoms. The molecule has 1 unspecified atom stereocenters. The third-order valence-corrected chi connectivity index (χ3v) is 6.09. The van der Waals surface area contributed by atoms with Crippen molar-refractivity contribution in [3.63, 3.8) is 0 Å². The van der Waals surface area contributed by atoms with Crippen LogP contribution in [0.25, 0.3) is 11.3 Å². The molecular weight excluding hydrogens is 398 g/mol. The van der Waals surface area contributed by atoms with Crippen LogP contribution < -0.4 is 11.5 Å². The number of nitrogens with two attached hydrogens (primary N) is 2. The molecule has 0 aliphatic carbocycles. The summed E-state index contributed by atoms with van der Waals surface area (Å²) in [5.41, 5.74) is 13.3. The smallest absolute Gasteiger partial charge is 0.254 e. The van der Waals surface area contributed by atoms with E-state index in [4.69, 9.17) is 16.6 Å². The quantitative estimate of drug-likeness (QED) is 0.609. The Bertz CT molecular complexity index is 1110. The number of nitrogens with zero attached hydrogens (tertiary/aromatic N) is 5. The maximum atomic E-state index is 12.3. The number of rotatable bonds is 5. The first-order valence-electron chi connectivity index (χ1n) is 9.59. The van der Waals surface area contributed by atoms with E-state index in [2.05, 4.69) is 11.2 Å². The van der Waals surface area contributed by atoms with Crippen molar-refractivity contribution in [1.82, 2.24) is 19.7 Å². The van der Waals surface area contributed by atoms with Gasteiger partial charge in [0.25, 0.3) is 5.91 Å². The molecule has 4 rings (SSSR count). The van der Waals surface area contributed by atoms with Crippen molar-refractivity contribution in [3.8, 4) is 17.5 Å². The van der Waals surface area contributed by atoms with Gasteiger partial charge >= 0.3 is 0 Å². The highest BCUT2D eigenvalue weighted by atomic mass is 32.2. The Morgan fingerprint density at radius 3 is 2.77 bits per heavy atom. The molecule has 0 spiro atoms. The van der Waals surface area contributed by atoms with Gasteiger partial charge in [0.05, 0.1) is 12.6 Å². The number of primary amides is 1. The van der Waals surface area contributed by atoms with Gasteiger partial charge in [-0.2, -0.15) is 10.4 Å². The summed E-state index contributed by atoms with van der Waals surface area (Å²) in [5, 5.41) is 14.7. The molecule has 1 saturated heterocycles. The summed E-state index contributed by atoms with van der Waals surface area (Å²) in [6, 6.07) is 13.4. The zero-order valence-corrected chi connectivity index (χ0v) is 17.0. The van der Waals surface area contributed by atoms with Crippen LogP contribution in [0.3, 0.4) is 0 Å². The second kappa shape index (κ2) is 8.47. The van der Waals surface area contributed by atoms with Gasteiger partial charge in [-0.25, -0.2) is 9.67 Å². The molecule has 8 nitrogen and oxygen atoms in total. The number of pyridine rings is 1. The number of nitriles is 1. The fraction of sp³-hybridized carbons (Fsp3) is 0.238. The van der Waals surface area contributed by atoms with E-state index in [-0.39, 0.29) is 17.4 Å². The number of amides is 1. The fourth-order valence-corrected chi connectivity index (χ4v) is 4.56. The van der Waals surface area contributed by atoms with Gasteiger partial charge in [0.1, 0.15) is 22.1 Å². The van der Waals surface area contributed by atoms with E-state index in [9.17, 15) is 10.1 Å². The van der Waals surface area contributed by atoms with Crippen molar-refractivity contribution in [2.45, 2.75) is 28.8 Å². The van der Waals surface area contributed by atoms with Gasteiger partial charge in [-0.05, 0) is 37.1 Å². The van der Waals surface area contributed by atoms with Crippen molar-refractivity contribution in [2.24, 2.45) is 5.73 Å². The molecular formula is C21H21N7OS. The number of anilines is 1. The van der Waals surface area contributed by atoms with Gasteiger partial charge in [0.15, 0.2) is 6.19 Å². The summed E-state index contributed by atoms with van der Waals surface area (Å²) < 4.78 is 1.64. The Labute approximate surface area is 178 Å². The lowest BCUT2D eigenvalue weighted by Gasteiger charge is -2.29. The number of benzene rings is 1. The van der Waals surface area contributed by atoms with Crippen LogP contribution in [-0.4, -0.2) is 38.7 Å². The van der Waals surface area contributed by atoms with E-state index in [0.717, 1.165) is 17.7 Å². The summed E-state index contributed by atoms with van der Waals surface area (Å²) in [6.45, 7) is 1.21. The zero-order valence-electron chi connectivity index (χ0n) is 16.2. The molecule has 9 heteroatoms. The first-order chi connectivity index (χ1) is 14.6. The van der Waals surface area contributed by atoms with Crippen molar-refractivity contribution in [2.75, 3.05) is 18.8 Å². The number of hydrogen-bond acceptors (Lipinski definition) is 7. The number of nitrogen functional groups attached to an aromatic ring is 1. The molecule has 1 aliphatic heterocycles. The van der Waals surface area contributed by atoms with Crippen LogP contribution >= 0.6 is 11.8 Å². The molecule has 1 aromatic carbocycles. The van der Waals surface area contributed by atoms with Crippen LogP contribution in [0.15, 0.2) is 58.6 Å². The van der Waals surface area contributed by atoms with Crippen LogP contribution in [0.1, 0.15) is 29.2 Å². The zero-order chi connectivity index (χ0) is 21.1. The standard InChI is InChI=1S/C21H21N7OS/c22-13-27-11-5-6-14(12-27)28-19(23)17(20(24)29)18(26-28)16-9-4-10-25-21(16)30-15-7-2-1-3-8-15/h1-4,7-10,14H,5-6,11-12,23H2,(H2,24,29). The number of aromatic nitrogens is 3. The number of piperidine rings is 1. The summed E-state index contributed by atoms with van der Waals surface area (Å²) in [5.74, 6) is -0.414. The Kier molecular flexibility index (Phi) is 5.59. The van der Waals surface area contributed by atoms with E-state index in [1.165, 1.54) is 11.8 Å². The van der Waals surface area contributed by atoms with Crippen molar-refractivity contribution >= 4 is 23.5 Å². The first kappa shape index (κ1) is 19.8. The number of carbonyl (C=O) groups is 1. The lowest BCUT2D eigenvalue weighted by Crippen LogP contribution is -2.34. The van der Waals surface area contributed by atoms with E-state index < -0.39 is 5.91 Å². The Morgan fingerprint density at radius 1 is 1.23 bits per heavy atom. The summed E-state index contributed by atoms with van der Waals surface area (Å²) in [7, 11) is 0. The summed E-state index contributed by atoms with van der Waals surface area (Å²) in [4.78, 5) is 19.5. The predicted octanol–water partition coefficient (Wildman–Crippen LogP) is 2.90. The van der Waals surface area contributed by atoms with Gasteiger partial charge in [-0.15, -0.1) is 0 Å². The number of hydrogen-bond donors (Lipinski definition) is 2. The molecule has 1 fully saturated rings. The molecule has 0 saturated carbocycles. The van der Waals surface area contributed by atoms with Gasteiger partial charge in [0, 0.05) is 23.2 Å². The number of likely N-dealkylation sites (tertiary alicyclic amines) is 1. The Morgan fingerprint density at radius 2 is 2.03 bits per heavy atom. The topological polar surface area (TPSA) is 127 Å². The molecule has 1 atom stereocenters. The van der Waals surface area contributed by atoms with E-state index >= 15 is 0 Å². The molecule has 1 amide bonds. The highest BCUT2D eigenvalue weighted by Gasteiger charge is 2.29.